The Bertz CT molecular complexity index is 1180. The van der Waals surface area contributed by atoms with Gasteiger partial charge in [0, 0.05) is 43.1 Å². The summed E-state index contributed by atoms with van der Waals surface area (Å²) in [5, 5.41) is 11.2. The van der Waals surface area contributed by atoms with Crippen LogP contribution in [0.5, 0.6) is 0 Å². The molecule has 0 fully saturated rings. The van der Waals surface area contributed by atoms with Gasteiger partial charge in [0.2, 0.25) is 0 Å². The number of hydrogen-bond acceptors (Lipinski definition) is 5. The minimum Gasteiger partial charge on any atom is -0.376 e. The number of aliphatic hydroxyl groups is 1. The number of rotatable bonds is 6. The number of alkyl halides is 3. The average molecular weight is 484 g/mol. The number of aromatic amines is 1. The number of nitrogens with zero attached hydrogens (tertiary/aromatic N) is 4. The van der Waals surface area contributed by atoms with Crippen LogP contribution in [0.1, 0.15) is 22.4 Å². The SMILES string of the molecule is Cl.OCN(Cc1ccc(C(F)(F)F)nc1)c1ccc(Cc2c[nH]c3ncc(Cl)cc23)cn1. The van der Waals surface area contributed by atoms with Crippen molar-refractivity contribution in [3.63, 3.8) is 0 Å². The molecule has 6 nitrogen and oxygen atoms in total. The molecule has 32 heavy (non-hydrogen) atoms. The molecule has 0 saturated heterocycles. The second-order valence-corrected chi connectivity index (χ2v) is 7.39. The highest BCUT2D eigenvalue weighted by atomic mass is 35.5. The molecule has 0 aliphatic heterocycles. The summed E-state index contributed by atoms with van der Waals surface area (Å²) >= 11 is 6.04. The molecular formula is C21H18Cl2F3N5O. The molecule has 0 bridgehead atoms. The van der Waals surface area contributed by atoms with E-state index in [1.165, 1.54) is 11.0 Å². The van der Waals surface area contributed by atoms with E-state index in [-0.39, 0.29) is 25.7 Å². The lowest BCUT2D eigenvalue weighted by Crippen LogP contribution is -2.24. The molecule has 0 amide bonds. The fourth-order valence-corrected chi connectivity index (χ4v) is 3.37. The molecule has 0 unspecified atom stereocenters. The highest BCUT2D eigenvalue weighted by molar-refractivity contribution is 6.31. The number of anilines is 1. The van der Waals surface area contributed by atoms with Crippen molar-refractivity contribution < 1.29 is 18.3 Å². The third-order valence-corrected chi connectivity index (χ3v) is 4.98. The van der Waals surface area contributed by atoms with E-state index in [1.807, 2.05) is 18.3 Å². The first kappa shape index (κ1) is 23.8. The van der Waals surface area contributed by atoms with E-state index in [0.717, 1.165) is 34.4 Å². The highest BCUT2D eigenvalue weighted by Crippen LogP contribution is 2.27. The monoisotopic (exact) mass is 483 g/mol. The summed E-state index contributed by atoms with van der Waals surface area (Å²) < 4.78 is 38.0. The first-order chi connectivity index (χ1) is 14.8. The molecule has 0 aliphatic rings. The van der Waals surface area contributed by atoms with Gasteiger partial charge in [-0.2, -0.15) is 13.2 Å². The Morgan fingerprint density at radius 3 is 2.38 bits per heavy atom. The molecule has 0 atom stereocenters. The van der Waals surface area contributed by atoms with Crippen molar-refractivity contribution in [2.75, 3.05) is 11.6 Å². The van der Waals surface area contributed by atoms with Gasteiger partial charge >= 0.3 is 6.18 Å². The van der Waals surface area contributed by atoms with Gasteiger partial charge in [-0.25, -0.2) is 9.97 Å². The third-order valence-electron chi connectivity index (χ3n) is 4.77. The van der Waals surface area contributed by atoms with E-state index in [4.69, 9.17) is 11.6 Å². The molecule has 4 aromatic rings. The second kappa shape index (κ2) is 9.72. The van der Waals surface area contributed by atoms with Crippen molar-refractivity contribution in [2.45, 2.75) is 19.1 Å². The van der Waals surface area contributed by atoms with E-state index in [1.54, 1.807) is 18.5 Å². The summed E-state index contributed by atoms with van der Waals surface area (Å²) in [6, 6.07) is 7.74. The van der Waals surface area contributed by atoms with E-state index >= 15 is 0 Å². The van der Waals surface area contributed by atoms with E-state index in [0.29, 0.717) is 22.8 Å². The normalized spacial score (nSPS) is 11.4. The lowest BCUT2D eigenvalue weighted by Gasteiger charge is -2.21. The summed E-state index contributed by atoms with van der Waals surface area (Å²) in [6.45, 7) is -0.180. The van der Waals surface area contributed by atoms with E-state index < -0.39 is 11.9 Å². The molecule has 168 valence electrons. The first-order valence-electron chi connectivity index (χ1n) is 9.28. The van der Waals surface area contributed by atoms with Gasteiger partial charge in [0.05, 0.1) is 5.02 Å². The molecule has 0 saturated carbocycles. The fraction of sp³-hybridized carbons (Fsp3) is 0.190. The molecule has 4 heterocycles. The minimum atomic E-state index is -4.49. The summed E-state index contributed by atoms with van der Waals surface area (Å²) in [6.07, 6.45) is 2.42. The van der Waals surface area contributed by atoms with Crippen molar-refractivity contribution in [2.24, 2.45) is 0 Å². The van der Waals surface area contributed by atoms with Crippen LogP contribution in [-0.2, 0) is 19.1 Å². The molecule has 0 aromatic carbocycles. The van der Waals surface area contributed by atoms with Gasteiger partial charge in [0.1, 0.15) is 23.9 Å². The van der Waals surface area contributed by atoms with Gasteiger partial charge in [-0.3, -0.25) is 4.98 Å². The van der Waals surface area contributed by atoms with Crippen LogP contribution in [-0.4, -0.2) is 31.8 Å². The van der Waals surface area contributed by atoms with Gasteiger partial charge < -0.3 is 15.0 Å². The Kier molecular flexibility index (Phi) is 7.22. The number of hydrogen-bond donors (Lipinski definition) is 2. The summed E-state index contributed by atoms with van der Waals surface area (Å²) in [7, 11) is 0. The van der Waals surface area contributed by atoms with Gasteiger partial charge in [-0.15, -0.1) is 12.4 Å². The molecule has 0 spiro atoms. The van der Waals surface area contributed by atoms with Crippen LogP contribution in [0.2, 0.25) is 5.02 Å². The van der Waals surface area contributed by atoms with Crippen LogP contribution in [0.4, 0.5) is 19.0 Å². The van der Waals surface area contributed by atoms with Crippen molar-refractivity contribution in [1.82, 2.24) is 19.9 Å². The number of halogens is 5. The zero-order valence-electron chi connectivity index (χ0n) is 16.5. The van der Waals surface area contributed by atoms with E-state index in [2.05, 4.69) is 19.9 Å². The zero-order chi connectivity index (χ0) is 22.0. The molecule has 0 radical (unpaired) electrons. The number of pyridine rings is 3. The van der Waals surface area contributed by atoms with Crippen LogP contribution in [0, 0.1) is 0 Å². The van der Waals surface area contributed by atoms with E-state index in [9.17, 15) is 18.3 Å². The predicted octanol–water partition coefficient (Wildman–Crippen LogP) is 4.99. The second-order valence-electron chi connectivity index (χ2n) is 6.95. The summed E-state index contributed by atoms with van der Waals surface area (Å²) in [5.41, 5.74) is 2.29. The Labute approximate surface area is 192 Å². The lowest BCUT2D eigenvalue weighted by molar-refractivity contribution is -0.141. The zero-order valence-corrected chi connectivity index (χ0v) is 18.0. The maximum atomic E-state index is 12.7. The number of nitrogens with one attached hydrogen (secondary N) is 1. The molecule has 4 rings (SSSR count). The van der Waals surface area contributed by atoms with Gasteiger partial charge in [0.15, 0.2) is 0 Å². The van der Waals surface area contributed by atoms with Crippen LogP contribution in [0.25, 0.3) is 11.0 Å². The standard InChI is InChI=1S/C21H17ClF3N5O.ClH/c22-16-6-17-15(9-28-20(17)29-10-16)5-13-2-4-19(27-7-13)30(12-31)11-14-1-3-18(26-8-14)21(23,24)25;/h1-4,6-10,31H,5,11-12H2,(H,28,29);1H. The van der Waals surface area contributed by atoms with Crippen LogP contribution in [0.3, 0.4) is 0 Å². The fourth-order valence-electron chi connectivity index (χ4n) is 3.22. The van der Waals surface area contributed by atoms with Crippen molar-refractivity contribution in [1.29, 1.82) is 0 Å². The quantitative estimate of drug-likeness (QED) is 0.377. The summed E-state index contributed by atoms with van der Waals surface area (Å²) in [4.78, 5) is 16.7. The van der Waals surface area contributed by atoms with Crippen LogP contribution < -0.4 is 4.90 Å². The third kappa shape index (κ3) is 5.29. The lowest BCUT2D eigenvalue weighted by atomic mass is 10.1. The van der Waals surface area contributed by atoms with Gasteiger partial charge in [-0.1, -0.05) is 23.7 Å². The molecule has 2 N–H and O–H groups in total. The maximum absolute atomic E-state index is 12.7. The first-order valence-corrected chi connectivity index (χ1v) is 9.65. The Balaban J connectivity index is 0.00000289. The van der Waals surface area contributed by atoms with Crippen LogP contribution in [0.15, 0.2) is 55.1 Å². The van der Waals surface area contributed by atoms with Gasteiger partial charge in [0.25, 0.3) is 0 Å². The van der Waals surface area contributed by atoms with Crippen LogP contribution >= 0.6 is 24.0 Å². The number of fused-ring (bicyclic) bond motifs is 1. The minimum absolute atomic E-state index is 0. The van der Waals surface area contributed by atoms with Crippen molar-refractivity contribution >= 4 is 40.9 Å². The molecule has 0 aliphatic carbocycles. The highest BCUT2D eigenvalue weighted by Gasteiger charge is 2.32. The van der Waals surface area contributed by atoms with Gasteiger partial charge in [-0.05, 0) is 34.9 Å². The topological polar surface area (TPSA) is 77.9 Å². The average Bonchev–Trinajstić information content (AvgIpc) is 3.14. The number of aliphatic hydroxyl groups excluding tert-OH is 1. The largest absolute Gasteiger partial charge is 0.433 e. The smallest absolute Gasteiger partial charge is 0.376 e. The predicted molar refractivity (Wildman–Crippen MR) is 118 cm³/mol. The molecule has 11 heteroatoms. The molecule has 4 aromatic heterocycles. The Morgan fingerprint density at radius 2 is 1.75 bits per heavy atom. The number of H-pyrrole nitrogens is 1. The Morgan fingerprint density at radius 1 is 1.00 bits per heavy atom. The maximum Gasteiger partial charge on any atom is 0.433 e. The van der Waals surface area contributed by atoms with Crippen molar-refractivity contribution in [3.8, 4) is 0 Å². The number of aromatic nitrogens is 4. The summed E-state index contributed by atoms with van der Waals surface area (Å²) in [5.74, 6) is 0.495. The van der Waals surface area contributed by atoms with Crippen molar-refractivity contribution in [3.05, 3.63) is 82.5 Å². The molecular weight excluding hydrogens is 466 g/mol. The Hall–Kier alpha value is -2.88.